The molecule has 2 aliphatic carbocycles. The smallest absolute Gasteiger partial charge is 0.407 e. The standard InChI is InChI=1S/C18H22N8O3S.C13H15N5O2/c19-30(28,29)13-9-23-25(10-13)6-2-15(27)26-8-7-24(11-18(26)3-4-18)17-14-1-5-20-16(14)21-12-22-17;19-12(20)18-6-5-17(7-13(18)2-3-13)11-9-1-4-14-10(9)15-8-16-11/h1,5,9-10,12H,2-4,6-8,11H2,(H2,19,28,29)(H,20,21,22);1,4,8H,2-3,5-7H2,(H,19,20)(H,14,15,16). The highest BCUT2D eigenvalue weighted by atomic mass is 32.2. The van der Waals surface area contributed by atoms with Gasteiger partial charge in [0.2, 0.25) is 15.9 Å². The average molecular weight is 704 g/mol. The van der Waals surface area contributed by atoms with Gasteiger partial charge in [-0.25, -0.2) is 38.3 Å². The number of nitrogens with two attached hydrogens (primary N) is 1. The molecule has 2 amide bonds. The number of nitrogens with zero attached hydrogens (tertiary/aromatic N) is 10. The highest BCUT2D eigenvalue weighted by molar-refractivity contribution is 7.89. The van der Waals surface area contributed by atoms with E-state index in [1.165, 1.54) is 17.1 Å². The molecule has 5 aromatic rings. The number of aryl methyl sites for hydroxylation is 1. The summed E-state index contributed by atoms with van der Waals surface area (Å²) in [4.78, 5) is 55.7. The first kappa shape index (κ1) is 31.9. The van der Waals surface area contributed by atoms with Crippen molar-refractivity contribution in [2.45, 2.75) is 54.6 Å². The van der Waals surface area contributed by atoms with E-state index in [0.717, 1.165) is 72.5 Å². The second-order valence-corrected chi connectivity index (χ2v) is 14.9. The first-order valence-electron chi connectivity index (χ1n) is 16.5. The zero-order valence-electron chi connectivity index (χ0n) is 27.1. The van der Waals surface area contributed by atoms with Crippen LogP contribution in [0.1, 0.15) is 32.1 Å². The van der Waals surface area contributed by atoms with E-state index in [2.05, 4.69) is 44.8 Å². The summed E-state index contributed by atoms with van der Waals surface area (Å²) in [7, 11) is -3.79. The molecule has 0 aromatic carbocycles. The van der Waals surface area contributed by atoms with Crippen LogP contribution in [-0.2, 0) is 21.4 Å². The van der Waals surface area contributed by atoms with Gasteiger partial charge in [-0.3, -0.25) is 14.4 Å². The number of rotatable bonds is 6. The molecule has 19 heteroatoms. The van der Waals surface area contributed by atoms with Crippen LogP contribution in [0.15, 0.2) is 54.5 Å². The SMILES string of the molecule is NS(=O)(=O)c1cnn(CCC(=O)N2CCN(c3ncnc4[nH]ccc34)CC23CC3)c1.O=C(O)N1CCN(c2ncnc3[nH]ccc23)CC12CC2. The van der Waals surface area contributed by atoms with Gasteiger partial charge in [-0.1, -0.05) is 0 Å². The summed E-state index contributed by atoms with van der Waals surface area (Å²) in [6, 6.07) is 3.94. The number of aromatic nitrogens is 8. The van der Waals surface area contributed by atoms with Crippen LogP contribution in [0.2, 0.25) is 0 Å². The number of hydrogen-bond donors (Lipinski definition) is 4. The number of primary sulfonamides is 1. The Morgan fingerprint density at radius 3 is 1.86 bits per heavy atom. The first-order valence-corrected chi connectivity index (χ1v) is 18.0. The number of sulfonamides is 1. The fraction of sp³-hybridized carbons (Fsp3) is 0.452. The van der Waals surface area contributed by atoms with Crippen molar-refractivity contribution in [2.24, 2.45) is 5.14 Å². The second-order valence-electron chi connectivity index (χ2n) is 13.4. The Morgan fingerprint density at radius 2 is 1.36 bits per heavy atom. The Morgan fingerprint density at radius 1 is 0.820 bits per heavy atom. The molecule has 0 unspecified atom stereocenters. The molecule has 262 valence electrons. The summed E-state index contributed by atoms with van der Waals surface area (Å²) in [5.74, 6) is 1.84. The van der Waals surface area contributed by atoms with Gasteiger partial charge in [0.15, 0.2) is 0 Å². The van der Waals surface area contributed by atoms with E-state index in [4.69, 9.17) is 5.14 Å². The molecule has 2 saturated carbocycles. The minimum Gasteiger partial charge on any atom is -0.465 e. The van der Waals surface area contributed by atoms with E-state index in [1.54, 1.807) is 17.6 Å². The van der Waals surface area contributed by atoms with Crippen LogP contribution >= 0.6 is 0 Å². The Balaban J connectivity index is 0.000000156. The predicted octanol–water partition coefficient (Wildman–Crippen LogP) is 1.36. The fourth-order valence-corrected chi connectivity index (χ4v) is 7.79. The van der Waals surface area contributed by atoms with Gasteiger partial charge in [-0.05, 0) is 37.8 Å². The number of aromatic amines is 2. The summed E-state index contributed by atoms with van der Waals surface area (Å²) in [5.41, 5.74) is 1.28. The van der Waals surface area contributed by atoms with Crippen molar-refractivity contribution in [3.8, 4) is 0 Å². The number of carbonyl (C=O) groups is 2. The van der Waals surface area contributed by atoms with Gasteiger partial charge in [0.05, 0.1) is 28.0 Å². The van der Waals surface area contributed by atoms with E-state index in [1.807, 2.05) is 29.4 Å². The number of hydrogen-bond acceptors (Lipinski definition) is 11. The molecule has 0 atom stereocenters. The number of amides is 2. The topological polar surface area (TPSA) is 228 Å². The first-order chi connectivity index (χ1) is 24.1. The third-order valence-corrected chi connectivity index (χ3v) is 11.1. The third kappa shape index (κ3) is 5.85. The minimum atomic E-state index is -3.79. The molecule has 5 aromatic heterocycles. The molecule has 4 aliphatic rings. The fourth-order valence-electron chi connectivity index (χ4n) is 7.33. The molecule has 5 N–H and O–H groups in total. The maximum atomic E-state index is 12.9. The Labute approximate surface area is 286 Å². The molecule has 50 heavy (non-hydrogen) atoms. The maximum Gasteiger partial charge on any atom is 0.407 e. The van der Waals surface area contributed by atoms with Crippen molar-refractivity contribution >= 4 is 55.7 Å². The lowest BCUT2D eigenvalue weighted by atomic mass is 10.1. The van der Waals surface area contributed by atoms with Gasteiger partial charge in [0.25, 0.3) is 0 Å². The van der Waals surface area contributed by atoms with Crippen molar-refractivity contribution in [3.63, 3.8) is 0 Å². The summed E-state index contributed by atoms with van der Waals surface area (Å²) >= 11 is 0. The van der Waals surface area contributed by atoms with Gasteiger partial charge >= 0.3 is 6.09 Å². The zero-order valence-corrected chi connectivity index (χ0v) is 28.0. The average Bonchev–Trinajstić information content (AvgIpc) is 3.75. The monoisotopic (exact) mass is 703 g/mol. The molecule has 4 fully saturated rings. The Kier molecular flexibility index (Phi) is 7.62. The van der Waals surface area contributed by atoms with Crippen LogP contribution in [0, 0.1) is 0 Å². The van der Waals surface area contributed by atoms with Crippen molar-refractivity contribution in [1.82, 2.24) is 49.5 Å². The summed E-state index contributed by atoms with van der Waals surface area (Å²) in [5, 5.41) is 20.4. The maximum absolute atomic E-state index is 12.9. The van der Waals surface area contributed by atoms with Gasteiger partial charge in [0.1, 0.15) is 40.5 Å². The molecule has 18 nitrogen and oxygen atoms in total. The van der Waals surface area contributed by atoms with Gasteiger partial charge < -0.3 is 29.8 Å². The minimum absolute atomic E-state index is 0.0503. The van der Waals surface area contributed by atoms with Crippen LogP contribution in [0.5, 0.6) is 0 Å². The number of fused-ring (bicyclic) bond motifs is 2. The quantitative estimate of drug-likeness (QED) is 0.197. The molecule has 2 aliphatic heterocycles. The van der Waals surface area contributed by atoms with E-state index in [9.17, 15) is 23.1 Å². The zero-order chi connectivity index (χ0) is 34.7. The summed E-state index contributed by atoms with van der Waals surface area (Å²) in [6.45, 7) is 4.29. The van der Waals surface area contributed by atoms with E-state index in [-0.39, 0.29) is 28.3 Å². The van der Waals surface area contributed by atoms with E-state index >= 15 is 0 Å². The molecule has 0 radical (unpaired) electrons. The van der Waals surface area contributed by atoms with Gasteiger partial charge in [-0.15, -0.1) is 0 Å². The van der Waals surface area contributed by atoms with Crippen LogP contribution in [0.3, 0.4) is 0 Å². The Bertz CT molecular complexity index is 2190. The lowest BCUT2D eigenvalue weighted by molar-refractivity contribution is -0.135. The number of carboxylic acid groups (broad SMARTS) is 1. The number of H-pyrrole nitrogens is 2. The molecule has 2 saturated heterocycles. The van der Waals surface area contributed by atoms with Crippen LogP contribution in [0.4, 0.5) is 16.4 Å². The molecular formula is C31H37N13O5S. The lowest BCUT2D eigenvalue weighted by Gasteiger charge is -2.43. The Hall–Kier alpha value is -5.30. The molecular weight excluding hydrogens is 666 g/mol. The highest BCUT2D eigenvalue weighted by Crippen LogP contribution is 2.46. The normalized spacial score (nSPS) is 19.2. The van der Waals surface area contributed by atoms with Gasteiger partial charge in [-0.2, -0.15) is 5.10 Å². The predicted molar refractivity (Wildman–Crippen MR) is 181 cm³/mol. The van der Waals surface area contributed by atoms with Gasteiger partial charge in [0, 0.05) is 70.8 Å². The summed E-state index contributed by atoms with van der Waals surface area (Å²) < 4.78 is 24.2. The third-order valence-electron chi connectivity index (χ3n) is 10.2. The van der Waals surface area contributed by atoms with Crippen molar-refractivity contribution < 1.29 is 23.1 Å². The van der Waals surface area contributed by atoms with Crippen molar-refractivity contribution in [2.75, 3.05) is 49.1 Å². The van der Waals surface area contributed by atoms with Crippen molar-refractivity contribution in [3.05, 3.63) is 49.6 Å². The number of carbonyl (C=O) groups excluding carboxylic acids is 1. The van der Waals surface area contributed by atoms with Crippen LogP contribution < -0.4 is 14.9 Å². The molecule has 2 spiro atoms. The van der Waals surface area contributed by atoms with Crippen molar-refractivity contribution in [1.29, 1.82) is 0 Å². The van der Waals surface area contributed by atoms with Crippen LogP contribution in [0.25, 0.3) is 22.1 Å². The number of nitrogens with one attached hydrogen (secondary N) is 2. The summed E-state index contributed by atoms with van der Waals surface area (Å²) in [6.07, 6.45) is 12.6. The molecule has 7 heterocycles. The largest absolute Gasteiger partial charge is 0.465 e. The number of anilines is 2. The lowest BCUT2D eigenvalue weighted by Crippen LogP contribution is -2.57. The van der Waals surface area contributed by atoms with E-state index < -0.39 is 16.1 Å². The van der Waals surface area contributed by atoms with Crippen LogP contribution in [-0.4, -0.2) is 125 Å². The molecule has 9 rings (SSSR count). The number of piperazine rings is 2. The van der Waals surface area contributed by atoms with E-state index in [0.29, 0.717) is 32.7 Å². The molecule has 0 bridgehead atoms. The second kappa shape index (κ2) is 11.9. The highest BCUT2D eigenvalue weighted by Gasteiger charge is 2.54.